The van der Waals surface area contributed by atoms with Gasteiger partial charge in [-0.15, -0.1) is 0 Å². The quantitative estimate of drug-likeness (QED) is 0.846. The first kappa shape index (κ1) is 14.0. The third-order valence-electron chi connectivity index (χ3n) is 2.22. The highest BCUT2D eigenvalue weighted by atomic mass is 32.1. The van der Waals surface area contributed by atoms with Gasteiger partial charge in [0.2, 0.25) is 5.88 Å². The van der Waals surface area contributed by atoms with Crippen molar-refractivity contribution in [2.45, 2.75) is 13.8 Å². The number of rotatable bonds is 6. The average Bonchev–Trinajstić information content (AvgIpc) is 2.69. The number of nitrogens with one attached hydrogen (secondary N) is 1. The molecule has 1 aromatic rings. The van der Waals surface area contributed by atoms with E-state index in [9.17, 15) is 0 Å². The zero-order valence-electron chi connectivity index (χ0n) is 11.2. The van der Waals surface area contributed by atoms with Crippen LogP contribution in [0.25, 0.3) is 6.08 Å². The zero-order chi connectivity index (χ0) is 12.8. The Morgan fingerprint density at radius 3 is 2.76 bits per heavy atom. The number of nitrogens with zero attached hydrogens (tertiary/aromatic N) is 2. The minimum absolute atomic E-state index is 0.703. The Bertz CT molecular complexity index is 385. The van der Waals surface area contributed by atoms with Crippen molar-refractivity contribution in [1.29, 1.82) is 0 Å². The topological polar surface area (TPSA) is 37.4 Å². The molecule has 0 aliphatic carbocycles. The smallest absolute Gasteiger partial charge is 0.233 e. The second kappa shape index (κ2) is 6.61. The predicted molar refractivity (Wildman–Crippen MR) is 75.2 cm³/mol. The standard InChI is InChI=1S/C12H21N3OS/c1-6-13-8-9(2)7-10-11(16-5)14-12(17-10)15(3)4/h7,13H,6,8H2,1-5H3. The molecule has 4 nitrogen and oxygen atoms in total. The van der Waals surface area contributed by atoms with Gasteiger partial charge in [-0.3, -0.25) is 0 Å². The van der Waals surface area contributed by atoms with Crippen molar-refractivity contribution in [2.24, 2.45) is 0 Å². The Kier molecular flexibility index (Phi) is 5.44. The van der Waals surface area contributed by atoms with Crippen molar-refractivity contribution in [1.82, 2.24) is 10.3 Å². The van der Waals surface area contributed by atoms with Gasteiger partial charge in [0.25, 0.3) is 0 Å². The van der Waals surface area contributed by atoms with Crippen molar-refractivity contribution in [2.75, 3.05) is 39.2 Å². The Labute approximate surface area is 107 Å². The largest absolute Gasteiger partial charge is 0.480 e. The van der Waals surface area contributed by atoms with Crippen molar-refractivity contribution in [3.63, 3.8) is 0 Å². The molecule has 0 spiro atoms. The SMILES string of the molecule is CCNCC(C)=Cc1sc(N(C)C)nc1OC. The lowest BCUT2D eigenvalue weighted by molar-refractivity contribution is 0.400. The van der Waals surface area contributed by atoms with E-state index in [4.69, 9.17) is 4.74 Å². The van der Waals surface area contributed by atoms with E-state index in [1.54, 1.807) is 18.4 Å². The van der Waals surface area contributed by atoms with Crippen molar-refractivity contribution in [3.05, 3.63) is 10.5 Å². The van der Waals surface area contributed by atoms with Crippen molar-refractivity contribution < 1.29 is 4.74 Å². The van der Waals surface area contributed by atoms with E-state index >= 15 is 0 Å². The van der Waals surface area contributed by atoms with Gasteiger partial charge in [0.1, 0.15) is 0 Å². The summed E-state index contributed by atoms with van der Waals surface area (Å²) in [6.07, 6.45) is 2.13. The van der Waals surface area contributed by atoms with Gasteiger partial charge in [-0.25, -0.2) is 0 Å². The molecule has 1 heterocycles. The summed E-state index contributed by atoms with van der Waals surface area (Å²) < 4.78 is 5.29. The van der Waals surface area contributed by atoms with Gasteiger partial charge in [0.15, 0.2) is 5.13 Å². The van der Waals surface area contributed by atoms with Crippen LogP contribution in [0.2, 0.25) is 0 Å². The molecule has 96 valence electrons. The molecule has 0 saturated carbocycles. The fraction of sp³-hybridized carbons (Fsp3) is 0.583. The summed E-state index contributed by atoms with van der Waals surface area (Å²) in [4.78, 5) is 7.48. The van der Waals surface area contributed by atoms with Crippen LogP contribution in [0.4, 0.5) is 5.13 Å². The molecule has 17 heavy (non-hydrogen) atoms. The van der Waals surface area contributed by atoms with Crippen LogP contribution in [0.15, 0.2) is 5.57 Å². The number of hydrogen-bond donors (Lipinski definition) is 1. The molecule has 0 fully saturated rings. The van der Waals surface area contributed by atoms with Gasteiger partial charge < -0.3 is 15.0 Å². The first-order chi connectivity index (χ1) is 8.08. The Morgan fingerprint density at radius 2 is 2.24 bits per heavy atom. The second-order valence-electron chi connectivity index (χ2n) is 4.04. The summed E-state index contributed by atoms with van der Waals surface area (Å²) >= 11 is 1.64. The lowest BCUT2D eigenvalue weighted by atomic mass is 10.2. The predicted octanol–water partition coefficient (Wildman–Crippen LogP) is 2.23. The fourth-order valence-corrected chi connectivity index (χ4v) is 2.32. The van der Waals surface area contributed by atoms with Crippen molar-refractivity contribution >= 4 is 22.5 Å². The Balaban J connectivity index is 2.88. The highest BCUT2D eigenvalue weighted by Crippen LogP contribution is 2.32. The Morgan fingerprint density at radius 1 is 1.53 bits per heavy atom. The van der Waals surface area contributed by atoms with E-state index in [0.29, 0.717) is 5.88 Å². The molecule has 1 aromatic heterocycles. The maximum atomic E-state index is 5.29. The van der Waals surface area contributed by atoms with Gasteiger partial charge in [0, 0.05) is 20.6 Å². The van der Waals surface area contributed by atoms with Crippen LogP contribution in [0.1, 0.15) is 18.7 Å². The van der Waals surface area contributed by atoms with Crippen LogP contribution in [-0.4, -0.2) is 39.3 Å². The maximum Gasteiger partial charge on any atom is 0.233 e. The summed E-state index contributed by atoms with van der Waals surface area (Å²) in [6.45, 7) is 6.09. The molecule has 0 bridgehead atoms. The summed E-state index contributed by atoms with van der Waals surface area (Å²) in [5.41, 5.74) is 1.28. The highest BCUT2D eigenvalue weighted by molar-refractivity contribution is 7.16. The number of likely N-dealkylation sites (N-methyl/N-ethyl adjacent to an activating group) is 1. The monoisotopic (exact) mass is 255 g/mol. The molecule has 0 saturated heterocycles. The molecule has 0 aliphatic heterocycles. The molecule has 0 unspecified atom stereocenters. The van der Waals surface area contributed by atoms with E-state index in [1.165, 1.54) is 5.57 Å². The lowest BCUT2D eigenvalue weighted by Crippen LogP contribution is -2.14. The number of methoxy groups -OCH3 is 1. The lowest BCUT2D eigenvalue weighted by Gasteiger charge is -2.04. The number of aromatic nitrogens is 1. The summed E-state index contributed by atoms with van der Waals surface area (Å²) in [5, 5.41) is 4.26. The van der Waals surface area contributed by atoms with E-state index in [0.717, 1.165) is 23.1 Å². The minimum atomic E-state index is 0.703. The zero-order valence-corrected chi connectivity index (χ0v) is 12.0. The first-order valence-electron chi connectivity index (χ1n) is 5.68. The second-order valence-corrected chi connectivity index (χ2v) is 5.04. The Hall–Kier alpha value is -1.07. The van der Waals surface area contributed by atoms with Crippen LogP contribution in [0.3, 0.4) is 0 Å². The van der Waals surface area contributed by atoms with Crippen LogP contribution in [-0.2, 0) is 0 Å². The molecule has 0 aromatic carbocycles. The van der Waals surface area contributed by atoms with Crippen molar-refractivity contribution in [3.8, 4) is 5.88 Å². The van der Waals surface area contributed by atoms with Gasteiger partial charge in [0.05, 0.1) is 12.0 Å². The number of ether oxygens (including phenoxy) is 1. The molecule has 5 heteroatoms. The summed E-state index contributed by atoms with van der Waals surface area (Å²) in [5.74, 6) is 0.703. The van der Waals surface area contributed by atoms with Crippen LogP contribution < -0.4 is 15.0 Å². The van der Waals surface area contributed by atoms with Gasteiger partial charge in [-0.05, 0) is 19.5 Å². The molecule has 0 radical (unpaired) electrons. The fourth-order valence-electron chi connectivity index (χ4n) is 1.33. The van der Waals surface area contributed by atoms with Gasteiger partial charge in [-0.1, -0.05) is 23.8 Å². The van der Waals surface area contributed by atoms with E-state index in [2.05, 4.69) is 30.2 Å². The first-order valence-corrected chi connectivity index (χ1v) is 6.50. The average molecular weight is 255 g/mol. The molecule has 0 atom stereocenters. The molecular formula is C12H21N3OS. The third-order valence-corrected chi connectivity index (χ3v) is 3.37. The molecular weight excluding hydrogens is 234 g/mol. The highest BCUT2D eigenvalue weighted by Gasteiger charge is 2.11. The normalized spacial score (nSPS) is 11.7. The van der Waals surface area contributed by atoms with E-state index in [-0.39, 0.29) is 0 Å². The number of anilines is 1. The van der Waals surface area contributed by atoms with Crippen LogP contribution in [0.5, 0.6) is 5.88 Å². The van der Waals surface area contributed by atoms with Crippen LogP contribution >= 0.6 is 11.3 Å². The third kappa shape index (κ3) is 4.02. The number of hydrogen-bond acceptors (Lipinski definition) is 5. The molecule has 0 aliphatic rings. The van der Waals surface area contributed by atoms with Crippen LogP contribution in [0, 0.1) is 0 Å². The minimum Gasteiger partial charge on any atom is -0.480 e. The summed E-state index contributed by atoms with van der Waals surface area (Å²) in [7, 11) is 5.62. The van der Waals surface area contributed by atoms with Gasteiger partial charge >= 0.3 is 0 Å². The number of thiazole rings is 1. The van der Waals surface area contributed by atoms with E-state index < -0.39 is 0 Å². The molecule has 0 amide bonds. The van der Waals surface area contributed by atoms with Gasteiger partial charge in [-0.2, -0.15) is 4.98 Å². The summed E-state index contributed by atoms with van der Waals surface area (Å²) in [6, 6.07) is 0. The molecule has 1 rings (SSSR count). The maximum absolute atomic E-state index is 5.29. The molecule has 1 N–H and O–H groups in total. The van der Waals surface area contributed by atoms with E-state index in [1.807, 2.05) is 19.0 Å².